The number of rotatable bonds is 7. The molecular weight excluding hydrogens is 164 g/mol. The molecule has 0 aliphatic heterocycles. The fourth-order valence-corrected chi connectivity index (χ4v) is 1.51. The minimum atomic E-state index is -0.633. The van der Waals surface area contributed by atoms with Gasteiger partial charge >= 0.3 is 0 Å². The van der Waals surface area contributed by atoms with Crippen LogP contribution >= 0.6 is 0 Å². The highest BCUT2D eigenvalue weighted by Crippen LogP contribution is 2.24. The zero-order valence-electron chi connectivity index (χ0n) is 9.21. The molecule has 0 radical (unpaired) electrons. The lowest BCUT2D eigenvalue weighted by atomic mass is 9.87. The molecule has 13 heavy (non-hydrogen) atoms. The lowest BCUT2D eigenvalue weighted by Crippen LogP contribution is -2.32. The van der Waals surface area contributed by atoms with E-state index in [1.165, 1.54) is 0 Å². The standard InChI is InChI=1S/C11H24O2/c1-4-7-8-11(13,6-3)9-10(12)5-2/h10,12-13H,4-9H2,1-3H3. The zero-order valence-corrected chi connectivity index (χ0v) is 9.21. The Labute approximate surface area is 82.0 Å². The summed E-state index contributed by atoms with van der Waals surface area (Å²) in [5.41, 5.74) is -0.633. The molecule has 2 N–H and O–H groups in total. The fourth-order valence-electron chi connectivity index (χ4n) is 1.51. The van der Waals surface area contributed by atoms with Crippen molar-refractivity contribution in [3.05, 3.63) is 0 Å². The maximum atomic E-state index is 10.1. The van der Waals surface area contributed by atoms with Gasteiger partial charge < -0.3 is 10.2 Å². The molecule has 0 aliphatic carbocycles. The molecule has 0 spiro atoms. The highest BCUT2D eigenvalue weighted by atomic mass is 16.3. The summed E-state index contributed by atoms with van der Waals surface area (Å²) in [6.07, 6.45) is 4.61. The average molecular weight is 188 g/mol. The first-order chi connectivity index (χ1) is 6.08. The van der Waals surface area contributed by atoms with Gasteiger partial charge in [0, 0.05) is 6.42 Å². The Morgan fingerprint density at radius 3 is 2.23 bits per heavy atom. The summed E-state index contributed by atoms with van der Waals surface area (Å²) in [5, 5.41) is 19.6. The average Bonchev–Trinajstić information content (AvgIpc) is 2.14. The van der Waals surface area contributed by atoms with Crippen LogP contribution < -0.4 is 0 Å². The number of unbranched alkanes of at least 4 members (excludes halogenated alkanes) is 1. The van der Waals surface area contributed by atoms with Gasteiger partial charge in [-0.05, 0) is 19.3 Å². The van der Waals surface area contributed by atoms with E-state index in [0.717, 1.165) is 32.1 Å². The monoisotopic (exact) mass is 188 g/mol. The number of aliphatic hydroxyl groups is 2. The van der Waals surface area contributed by atoms with Crippen LogP contribution in [0.3, 0.4) is 0 Å². The third-order valence-electron chi connectivity index (χ3n) is 2.74. The van der Waals surface area contributed by atoms with Gasteiger partial charge in [-0.1, -0.05) is 33.6 Å². The first kappa shape index (κ1) is 12.9. The molecule has 0 aromatic carbocycles. The third kappa shape index (κ3) is 5.27. The van der Waals surface area contributed by atoms with Crippen LogP contribution in [0.25, 0.3) is 0 Å². The summed E-state index contributed by atoms with van der Waals surface area (Å²) >= 11 is 0. The maximum absolute atomic E-state index is 10.1. The second-order valence-electron chi connectivity index (χ2n) is 3.95. The van der Waals surface area contributed by atoms with Crippen molar-refractivity contribution in [1.29, 1.82) is 0 Å². The third-order valence-corrected chi connectivity index (χ3v) is 2.74. The number of hydrogen-bond acceptors (Lipinski definition) is 2. The predicted octanol–water partition coefficient (Wildman–Crippen LogP) is 2.48. The van der Waals surface area contributed by atoms with Gasteiger partial charge in [-0.3, -0.25) is 0 Å². The van der Waals surface area contributed by atoms with Crippen LogP contribution in [0.1, 0.15) is 59.3 Å². The molecule has 80 valence electrons. The summed E-state index contributed by atoms with van der Waals surface area (Å²) in [6.45, 7) is 6.05. The van der Waals surface area contributed by atoms with Gasteiger partial charge in [0.05, 0.1) is 11.7 Å². The Balaban J connectivity index is 3.94. The van der Waals surface area contributed by atoms with E-state index >= 15 is 0 Å². The molecule has 2 heteroatoms. The van der Waals surface area contributed by atoms with E-state index in [2.05, 4.69) is 6.92 Å². The van der Waals surface area contributed by atoms with Gasteiger partial charge in [-0.15, -0.1) is 0 Å². The molecule has 0 saturated heterocycles. The first-order valence-electron chi connectivity index (χ1n) is 5.48. The van der Waals surface area contributed by atoms with Gasteiger partial charge in [-0.2, -0.15) is 0 Å². The maximum Gasteiger partial charge on any atom is 0.0669 e. The van der Waals surface area contributed by atoms with Crippen molar-refractivity contribution in [3.8, 4) is 0 Å². The topological polar surface area (TPSA) is 40.5 Å². The second-order valence-corrected chi connectivity index (χ2v) is 3.95. The van der Waals surface area contributed by atoms with E-state index in [1.54, 1.807) is 0 Å². The Hall–Kier alpha value is -0.0800. The molecule has 0 heterocycles. The lowest BCUT2D eigenvalue weighted by molar-refractivity contribution is -0.0224. The van der Waals surface area contributed by atoms with Crippen molar-refractivity contribution in [2.75, 3.05) is 0 Å². The van der Waals surface area contributed by atoms with Crippen LogP contribution in [-0.2, 0) is 0 Å². The normalized spacial score (nSPS) is 18.2. The van der Waals surface area contributed by atoms with Crippen LogP contribution in [0.5, 0.6) is 0 Å². The lowest BCUT2D eigenvalue weighted by Gasteiger charge is -2.28. The SMILES string of the molecule is CCCCC(O)(CC)CC(O)CC. The quantitative estimate of drug-likeness (QED) is 0.644. The van der Waals surface area contributed by atoms with Crippen LogP contribution in [0.2, 0.25) is 0 Å². The molecule has 0 aliphatic rings. The summed E-state index contributed by atoms with van der Waals surface area (Å²) in [7, 11) is 0. The van der Waals surface area contributed by atoms with Crippen LogP contribution in [-0.4, -0.2) is 21.9 Å². The Morgan fingerprint density at radius 1 is 1.23 bits per heavy atom. The minimum Gasteiger partial charge on any atom is -0.393 e. The van der Waals surface area contributed by atoms with Gasteiger partial charge in [0.2, 0.25) is 0 Å². The van der Waals surface area contributed by atoms with Gasteiger partial charge in [0.25, 0.3) is 0 Å². The molecule has 0 fully saturated rings. The number of hydrogen-bond donors (Lipinski definition) is 2. The predicted molar refractivity (Wildman–Crippen MR) is 55.7 cm³/mol. The van der Waals surface area contributed by atoms with Crippen molar-refractivity contribution < 1.29 is 10.2 Å². The fraction of sp³-hybridized carbons (Fsp3) is 1.00. The Bertz CT molecular complexity index is 125. The molecule has 2 unspecified atom stereocenters. The van der Waals surface area contributed by atoms with Crippen molar-refractivity contribution in [1.82, 2.24) is 0 Å². The van der Waals surface area contributed by atoms with E-state index in [4.69, 9.17) is 0 Å². The highest BCUT2D eigenvalue weighted by molar-refractivity contribution is 4.79. The minimum absolute atomic E-state index is 0.346. The summed E-state index contributed by atoms with van der Waals surface area (Å²) < 4.78 is 0. The smallest absolute Gasteiger partial charge is 0.0669 e. The van der Waals surface area contributed by atoms with Crippen LogP contribution in [0, 0.1) is 0 Å². The van der Waals surface area contributed by atoms with Crippen molar-refractivity contribution in [2.45, 2.75) is 71.0 Å². The van der Waals surface area contributed by atoms with E-state index in [9.17, 15) is 10.2 Å². The summed E-state index contributed by atoms with van der Waals surface area (Å²) in [4.78, 5) is 0. The van der Waals surface area contributed by atoms with E-state index in [0.29, 0.717) is 6.42 Å². The Morgan fingerprint density at radius 2 is 1.85 bits per heavy atom. The molecule has 0 aromatic rings. The largest absolute Gasteiger partial charge is 0.393 e. The van der Waals surface area contributed by atoms with Crippen LogP contribution in [0.15, 0.2) is 0 Å². The van der Waals surface area contributed by atoms with Gasteiger partial charge in [0.1, 0.15) is 0 Å². The van der Waals surface area contributed by atoms with Crippen molar-refractivity contribution in [3.63, 3.8) is 0 Å². The molecule has 0 saturated carbocycles. The summed E-state index contributed by atoms with van der Waals surface area (Å²) in [6, 6.07) is 0. The molecule has 2 nitrogen and oxygen atoms in total. The van der Waals surface area contributed by atoms with Gasteiger partial charge in [0.15, 0.2) is 0 Å². The molecule has 0 amide bonds. The first-order valence-corrected chi connectivity index (χ1v) is 5.48. The summed E-state index contributed by atoms with van der Waals surface area (Å²) in [5.74, 6) is 0. The van der Waals surface area contributed by atoms with E-state index in [1.807, 2.05) is 13.8 Å². The number of aliphatic hydroxyl groups excluding tert-OH is 1. The molecule has 2 atom stereocenters. The molecule has 0 rings (SSSR count). The van der Waals surface area contributed by atoms with Gasteiger partial charge in [-0.25, -0.2) is 0 Å². The molecule has 0 bridgehead atoms. The van der Waals surface area contributed by atoms with Crippen molar-refractivity contribution >= 4 is 0 Å². The second kappa shape index (κ2) is 6.39. The van der Waals surface area contributed by atoms with E-state index in [-0.39, 0.29) is 6.10 Å². The molecule has 0 aromatic heterocycles. The van der Waals surface area contributed by atoms with Crippen LogP contribution in [0.4, 0.5) is 0 Å². The molecular formula is C11H24O2. The van der Waals surface area contributed by atoms with E-state index < -0.39 is 5.60 Å². The van der Waals surface area contributed by atoms with Crippen molar-refractivity contribution in [2.24, 2.45) is 0 Å². The Kier molecular flexibility index (Phi) is 6.35. The zero-order chi connectivity index (χ0) is 10.3. The highest BCUT2D eigenvalue weighted by Gasteiger charge is 2.26.